The summed E-state index contributed by atoms with van der Waals surface area (Å²) >= 11 is 7.47. The molecule has 1 saturated heterocycles. The molecule has 2 heterocycles. The molecule has 3 rings (SSSR count). The third-order valence-corrected chi connectivity index (χ3v) is 5.36. The van der Waals surface area contributed by atoms with Crippen molar-refractivity contribution in [2.45, 2.75) is 33.7 Å². The van der Waals surface area contributed by atoms with E-state index in [4.69, 9.17) is 11.6 Å². The first-order valence-electron chi connectivity index (χ1n) is 8.08. The van der Waals surface area contributed by atoms with E-state index in [9.17, 15) is 4.79 Å². The van der Waals surface area contributed by atoms with E-state index in [0.29, 0.717) is 21.1 Å². The first-order chi connectivity index (χ1) is 11.8. The molecule has 0 radical (unpaired) electrons. The molecule has 6 heteroatoms. The second-order valence-corrected chi connectivity index (χ2v) is 7.72. The van der Waals surface area contributed by atoms with Gasteiger partial charge in [0.05, 0.1) is 10.6 Å². The van der Waals surface area contributed by atoms with E-state index in [1.807, 2.05) is 31.2 Å². The van der Waals surface area contributed by atoms with Gasteiger partial charge in [-0.25, -0.2) is 4.99 Å². The summed E-state index contributed by atoms with van der Waals surface area (Å²) < 4.78 is 2.19. The molecule has 1 N–H and O–H groups in total. The minimum Gasteiger partial charge on any atom is -0.349 e. The molecule has 0 unspecified atom stereocenters. The summed E-state index contributed by atoms with van der Waals surface area (Å²) in [5.41, 5.74) is 3.85. The van der Waals surface area contributed by atoms with Crippen LogP contribution in [0.1, 0.15) is 36.7 Å². The monoisotopic (exact) mass is 373 g/mol. The number of hydrogen-bond acceptors (Lipinski definition) is 3. The maximum absolute atomic E-state index is 12.2. The SMILES string of the molecule is Cc1c(Cl)cccc1N=C1NC(=O)/C(=C\c2cc(C)n(C(C)C)c2)S1. The zero-order valence-corrected chi connectivity index (χ0v) is 16.2. The van der Waals surface area contributed by atoms with Crippen molar-refractivity contribution < 1.29 is 4.79 Å². The minimum absolute atomic E-state index is 0.126. The van der Waals surface area contributed by atoms with Gasteiger partial charge in [-0.15, -0.1) is 0 Å². The molecule has 1 aromatic heterocycles. The second-order valence-electron chi connectivity index (χ2n) is 6.28. The van der Waals surface area contributed by atoms with Crippen LogP contribution in [-0.2, 0) is 4.79 Å². The van der Waals surface area contributed by atoms with Gasteiger partial charge in [-0.05, 0) is 74.9 Å². The van der Waals surface area contributed by atoms with Crippen LogP contribution in [0.5, 0.6) is 0 Å². The predicted molar refractivity (Wildman–Crippen MR) is 107 cm³/mol. The van der Waals surface area contributed by atoms with Crippen molar-refractivity contribution in [2.75, 3.05) is 0 Å². The Balaban J connectivity index is 1.86. The van der Waals surface area contributed by atoms with Gasteiger partial charge in [0.2, 0.25) is 0 Å². The average Bonchev–Trinajstić information content (AvgIpc) is 3.07. The maximum atomic E-state index is 12.2. The van der Waals surface area contributed by atoms with Crippen molar-refractivity contribution in [3.63, 3.8) is 0 Å². The number of carbonyl (C=O) groups is 1. The fraction of sp³-hybridized carbons (Fsp3) is 0.263. The van der Waals surface area contributed by atoms with E-state index in [-0.39, 0.29) is 5.91 Å². The average molecular weight is 374 g/mol. The Kier molecular flexibility index (Phi) is 5.06. The lowest BCUT2D eigenvalue weighted by molar-refractivity contribution is -0.115. The van der Waals surface area contributed by atoms with Crippen molar-refractivity contribution in [2.24, 2.45) is 4.99 Å². The van der Waals surface area contributed by atoms with Crippen molar-refractivity contribution in [3.8, 4) is 0 Å². The van der Waals surface area contributed by atoms with Crippen LogP contribution in [0.25, 0.3) is 6.08 Å². The number of benzene rings is 1. The molecule has 1 aromatic carbocycles. The maximum Gasteiger partial charge on any atom is 0.264 e. The first-order valence-corrected chi connectivity index (χ1v) is 9.28. The fourth-order valence-electron chi connectivity index (χ4n) is 2.71. The summed E-state index contributed by atoms with van der Waals surface area (Å²) in [6, 6.07) is 8.03. The van der Waals surface area contributed by atoms with Gasteiger partial charge in [-0.1, -0.05) is 17.7 Å². The number of carbonyl (C=O) groups excluding carboxylic acids is 1. The van der Waals surface area contributed by atoms with Gasteiger partial charge in [-0.3, -0.25) is 4.79 Å². The summed E-state index contributed by atoms with van der Waals surface area (Å²) in [5, 5.41) is 4.05. The number of nitrogens with zero attached hydrogens (tertiary/aromatic N) is 2. The number of thioether (sulfide) groups is 1. The molecule has 0 saturated carbocycles. The van der Waals surface area contributed by atoms with E-state index in [0.717, 1.165) is 16.8 Å². The van der Waals surface area contributed by atoms with E-state index >= 15 is 0 Å². The van der Waals surface area contributed by atoms with Gasteiger partial charge >= 0.3 is 0 Å². The molecule has 1 aliphatic rings. The highest BCUT2D eigenvalue weighted by Gasteiger charge is 2.24. The Morgan fingerprint density at radius 2 is 2.08 bits per heavy atom. The van der Waals surface area contributed by atoms with E-state index in [1.165, 1.54) is 17.5 Å². The number of halogens is 1. The highest BCUT2D eigenvalue weighted by atomic mass is 35.5. The summed E-state index contributed by atoms with van der Waals surface area (Å²) in [7, 11) is 0. The van der Waals surface area contributed by atoms with Gasteiger partial charge in [-0.2, -0.15) is 0 Å². The Bertz CT molecular complexity index is 896. The Hall–Kier alpha value is -1.98. The Labute approximate surface area is 157 Å². The predicted octanol–water partition coefficient (Wildman–Crippen LogP) is 5.23. The van der Waals surface area contributed by atoms with Crippen molar-refractivity contribution >= 4 is 46.2 Å². The van der Waals surface area contributed by atoms with Crippen LogP contribution in [0.3, 0.4) is 0 Å². The number of aliphatic imine (C=N–C) groups is 1. The number of nitrogens with one attached hydrogen (secondary N) is 1. The van der Waals surface area contributed by atoms with Gasteiger partial charge in [0.25, 0.3) is 5.91 Å². The first kappa shape index (κ1) is 17.8. The lowest BCUT2D eigenvalue weighted by Crippen LogP contribution is -2.19. The van der Waals surface area contributed by atoms with Gasteiger partial charge in [0, 0.05) is 23.0 Å². The Morgan fingerprint density at radius 3 is 2.76 bits per heavy atom. The van der Waals surface area contributed by atoms with Gasteiger partial charge < -0.3 is 9.88 Å². The normalized spacial score (nSPS) is 17.8. The zero-order chi connectivity index (χ0) is 18.1. The molecule has 1 amide bonds. The van der Waals surface area contributed by atoms with Crippen LogP contribution in [0.2, 0.25) is 5.02 Å². The van der Waals surface area contributed by atoms with Gasteiger partial charge in [0.1, 0.15) is 0 Å². The molecular weight excluding hydrogens is 354 g/mol. The fourth-order valence-corrected chi connectivity index (χ4v) is 3.71. The third kappa shape index (κ3) is 3.83. The van der Waals surface area contributed by atoms with Crippen LogP contribution >= 0.6 is 23.4 Å². The molecule has 0 bridgehead atoms. The van der Waals surface area contributed by atoms with Crippen LogP contribution in [0, 0.1) is 13.8 Å². The molecule has 25 heavy (non-hydrogen) atoms. The molecule has 2 aromatic rings. The molecule has 4 nitrogen and oxygen atoms in total. The molecule has 130 valence electrons. The number of rotatable bonds is 3. The van der Waals surface area contributed by atoms with Crippen LogP contribution in [0.4, 0.5) is 5.69 Å². The number of hydrogen-bond donors (Lipinski definition) is 1. The molecular formula is C19H20ClN3OS. The molecule has 0 spiro atoms. The Morgan fingerprint density at radius 1 is 1.32 bits per heavy atom. The number of aromatic nitrogens is 1. The second kappa shape index (κ2) is 7.10. The number of amides is 1. The quantitative estimate of drug-likeness (QED) is 0.748. The molecule has 1 aliphatic heterocycles. The number of aryl methyl sites for hydroxylation is 1. The largest absolute Gasteiger partial charge is 0.349 e. The van der Waals surface area contributed by atoms with Crippen LogP contribution < -0.4 is 5.32 Å². The smallest absolute Gasteiger partial charge is 0.264 e. The standard InChI is InChI=1S/C19H20ClN3OS/c1-11(2)23-10-14(8-12(23)3)9-17-18(24)22-19(25-17)21-16-7-5-6-15(20)13(16)4/h5-11H,1-4H3,(H,21,22,24)/b17-9+. The lowest BCUT2D eigenvalue weighted by atomic mass is 10.2. The molecule has 0 atom stereocenters. The van der Waals surface area contributed by atoms with Crippen LogP contribution in [0.15, 0.2) is 40.4 Å². The van der Waals surface area contributed by atoms with Crippen molar-refractivity contribution in [3.05, 3.63) is 57.2 Å². The number of amidine groups is 1. The summed E-state index contributed by atoms with van der Waals surface area (Å²) in [6.45, 7) is 8.26. The lowest BCUT2D eigenvalue weighted by Gasteiger charge is -2.08. The van der Waals surface area contributed by atoms with Crippen LogP contribution in [-0.4, -0.2) is 15.6 Å². The van der Waals surface area contributed by atoms with E-state index < -0.39 is 0 Å². The minimum atomic E-state index is -0.126. The van der Waals surface area contributed by atoms with E-state index in [2.05, 4.69) is 47.9 Å². The summed E-state index contributed by atoms with van der Waals surface area (Å²) in [4.78, 5) is 17.4. The van der Waals surface area contributed by atoms with Gasteiger partial charge in [0.15, 0.2) is 5.17 Å². The molecule has 1 fully saturated rings. The highest BCUT2D eigenvalue weighted by Crippen LogP contribution is 2.31. The summed E-state index contributed by atoms with van der Waals surface area (Å²) in [5.74, 6) is -0.126. The van der Waals surface area contributed by atoms with E-state index in [1.54, 1.807) is 0 Å². The van der Waals surface area contributed by atoms with Crippen molar-refractivity contribution in [1.82, 2.24) is 9.88 Å². The third-order valence-electron chi connectivity index (χ3n) is 4.04. The zero-order valence-electron chi connectivity index (χ0n) is 14.6. The topological polar surface area (TPSA) is 46.4 Å². The highest BCUT2D eigenvalue weighted by molar-refractivity contribution is 8.18. The molecule has 0 aliphatic carbocycles. The van der Waals surface area contributed by atoms with Crippen molar-refractivity contribution in [1.29, 1.82) is 0 Å². The summed E-state index contributed by atoms with van der Waals surface area (Å²) in [6.07, 6.45) is 3.97.